The molecule has 3 N–H and O–H groups in total. The van der Waals surface area contributed by atoms with E-state index in [1.807, 2.05) is 6.92 Å². The van der Waals surface area contributed by atoms with Crippen molar-refractivity contribution in [2.75, 3.05) is 11.9 Å². The first-order valence-electron chi connectivity index (χ1n) is 4.91. The zero-order valence-corrected chi connectivity index (χ0v) is 8.49. The van der Waals surface area contributed by atoms with Crippen molar-refractivity contribution in [1.82, 2.24) is 0 Å². The second-order valence-corrected chi connectivity index (χ2v) is 3.36. The molecule has 2 aromatic rings. The Morgan fingerprint density at radius 3 is 2.60 bits per heavy atom. The molecule has 0 aliphatic heterocycles. The van der Waals surface area contributed by atoms with Crippen LogP contribution < -0.4 is 5.32 Å². The van der Waals surface area contributed by atoms with Crippen molar-refractivity contribution in [3.8, 4) is 11.5 Å². The minimum absolute atomic E-state index is 0.185. The van der Waals surface area contributed by atoms with Gasteiger partial charge in [-0.05, 0) is 25.1 Å². The number of benzene rings is 2. The van der Waals surface area contributed by atoms with E-state index in [0.29, 0.717) is 16.5 Å². The molecule has 0 heterocycles. The second kappa shape index (κ2) is 3.69. The van der Waals surface area contributed by atoms with Crippen molar-refractivity contribution in [2.45, 2.75) is 6.92 Å². The third-order valence-electron chi connectivity index (χ3n) is 2.38. The van der Waals surface area contributed by atoms with Crippen molar-refractivity contribution >= 4 is 16.5 Å². The maximum Gasteiger partial charge on any atom is 0.146 e. The fourth-order valence-electron chi connectivity index (χ4n) is 1.66. The van der Waals surface area contributed by atoms with E-state index < -0.39 is 0 Å². The molecule has 0 saturated heterocycles. The van der Waals surface area contributed by atoms with E-state index in [1.54, 1.807) is 30.3 Å². The standard InChI is InChI=1S/C12H13NO2/c1-2-13-10-7-6-8-9(12(10)15)4-3-5-11(8)14/h3-7,13-15H,2H2,1H3. The number of anilines is 1. The maximum atomic E-state index is 9.93. The van der Waals surface area contributed by atoms with Crippen LogP contribution in [0.5, 0.6) is 11.5 Å². The van der Waals surface area contributed by atoms with Gasteiger partial charge in [-0.25, -0.2) is 0 Å². The molecule has 0 atom stereocenters. The molecular formula is C12H13NO2. The highest BCUT2D eigenvalue weighted by Crippen LogP contribution is 2.36. The van der Waals surface area contributed by atoms with Gasteiger partial charge in [-0.2, -0.15) is 0 Å². The summed E-state index contributed by atoms with van der Waals surface area (Å²) in [5, 5.41) is 23.9. The van der Waals surface area contributed by atoms with Crippen LogP contribution in [0, 0.1) is 0 Å². The SMILES string of the molecule is CCNc1ccc2c(O)cccc2c1O. The van der Waals surface area contributed by atoms with Gasteiger partial charge in [0.1, 0.15) is 11.5 Å². The normalized spacial score (nSPS) is 10.5. The second-order valence-electron chi connectivity index (χ2n) is 3.36. The lowest BCUT2D eigenvalue weighted by Gasteiger charge is -2.09. The molecule has 0 bridgehead atoms. The number of hydrogen-bond donors (Lipinski definition) is 3. The molecule has 0 aliphatic rings. The van der Waals surface area contributed by atoms with Crippen LogP contribution in [-0.2, 0) is 0 Å². The van der Waals surface area contributed by atoms with Crippen LogP contribution >= 0.6 is 0 Å². The zero-order chi connectivity index (χ0) is 10.8. The molecular weight excluding hydrogens is 190 g/mol. The Morgan fingerprint density at radius 2 is 1.87 bits per heavy atom. The first kappa shape index (κ1) is 9.65. The van der Waals surface area contributed by atoms with Crippen LogP contribution in [-0.4, -0.2) is 16.8 Å². The number of rotatable bonds is 2. The van der Waals surface area contributed by atoms with Crippen molar-refractivity contribution in [3.05, 3.63) is 30.3 Å². The molecule has 0 unspecified atom stereocenters. The van der Waals surface area contributed by atoms with Crippen LogP contribution in [0.2, 0.25) is 0 Å². The van der Waals surface area contributed by atoms with Gasteiger partial charge in [-0.1, -0.05) is 12.1 Å². The molecule has 2 rings (SSSR count). The van der Waals surface area contributed by atoms with Crippen molar-refractivity contribution in [3.63, 3.8) is 0 Å². The summed E-state index contributed by atoms with van der Waals surface area (Å²) in [5.41, 5.74) is 0.690. The molecule has 0 aliphatic carbocycles. The van der Waals surface area contributed by atoms with Gasteiger partial charge in [0.15, 0.2) is 0 Å². The van der Waals surface area contributed by atoms with Crippen LogP contribution in [0.1, 0.15) is 6.92 Å². The van der Waals surface area contributed by atoms with Gasteiger partial charge in [0.25, 0.3) is 0 Å². The van der Waals surface area contributed by atoms with Gasteiger partial charge < -0.3 is 15.5 Å². The number of phenolic OH excluding ortho intramolecular Hbond substituents is 2. The lowest BCUT2D eigenvalue weighted by molar-refractivity contribution is 0.476. The molecule has 0 aromatic heterocycles. The monoisotopic (exact) mass is 203 g/mol. The Balaban J connectivity index is 2.68. The molecule has 0 fully saturated rings. The number of aromatic hydroxyl groups is 2. The quantitative estimate of drug-likeness (QED) is 0.658. The smallest absolute Gasteiger partial charge is 0.146 e. The van der Waals surface area contributed by atoms with Crippen molar-refractivity contribution in [2.24, 2.45) is 0 Å². The molecule has 78 valence electrons. The van der Waals surface area contributed by atoms with Crippen LogP contribution in [0.4, 0.5) is 5.69 Å². The molecule has 3 nitrogen and oxygen atoms in total. The summed E-state index contributed by atoms with van der Waals surface area (Å²) in [6.45, 7) is 2.71. The molecule has 2 aromatic carbocycles. The number of hydrogen-bond acceptors (Lipinski definition) is 3. The van der Waals surface area contributed by atoms with Crippen LogP contribution in [0.3, 0.4) is 0 Å². The molecule has 0 saturated carbocycles. The van der Waals surface area contributed by atoms with Gasteiger partial charge >= 0.3 is 0 Å². The van der Waals surface area contributed by atoms with E-state index in [-0.39, 0.29) is 11.5 Å². The molecule has 0 radical (unpaired) electrons. The lowest BCUT2D eigenvalue weighted by atomic mass is 10.1. The summed E-state index contributed by atoms with van der Waals surface area (Å²) in [6.07, 6.45) is 0. The Hall–Kier alpha value is -1.90. The molecule has 15 heavy (non-hydrogen) atoms. The van der Waals surface area contributed by atoms with Gasteiger partial charge in [0.05, 0.1) is 5.69 Å². The Morgan fingerprint density at radius 1 is 1.07 bits per heavy atom. The van der Waals surface area contributed by atoms with Gasteiger partial charge in [0.2, 0.25) is 0 Å². The summed E-state index contributed by atoms with van der Waals surface area (Å²) in [5.74, 6) is 0.371. The maximum absolute atomic E-state index is 9.93. The summed E-state index contributed by atoms with van der Waals surface area (Å²) >= 11 is 0. The molecule has 3 heteroatoms. The Labute approximate surface area is 88.0 Å². The summed E-state index contributed by atoms with van der Waals surface area (Å²) in [6, 6.07) is 8.66. The van der Waals surface area contributed by atoms with E-state index in [9.17, 15) is 10.2 Å². The fraction of sp³-hybridized carbons (Fsp3) is 0.167. The zero-order valence-electron chi connectivity index (χ0n) is 8.49. The Bertz CT molecular complexity index is 494. The highest BCUT2D eigenvalue weighted by molar-refractivity contribution is 5.96. The predicted molar refractivity (Wildman–Crippen MR) is 61.4 cm³/mol. The minimum Gasteiger partial charge on any atom is -0.507 e. The molecule has 0 spiro atoms. The highest BCUT2D eigenvalue weighted by atomic mass is 16.3. The van der Waals surface area contributed by atoms with Crippen LogP contribution in [0.25, 0.3) is 10.8 Å². The van der Waals surface area contributed by atoms with Crippen molar-refractivity contribution < 1.29 is 10.2 Å². The van der Waals surface area contributed by atoms with E-state index >= 15 is 0 Å². The summed E-state index contributed by atoms with van der Waals surface area (Å²) < 4.78 is 0. The van der Waals surface area contributed by atoms with Gasteiger partial charge in [-0.15, -0.1) is 0 Å². The summed E-state index contributed by atoms with van der Waals surface area (Å²) in [4.78, 5) is 0. The number of nitrogens with one attached hydrogen (secondary N) is 1. The van der Waals surface area contributed by atoms with Gasteiger partial charge in [-0.3, -0.25) is 0 Å². The average Bonchev–Trinajstić information content (AvgIpc) is 2.23. The lowest BCUT2D eigenvalue weighted by Crippen LogP contribution is -1.96. The highest BCUT2D eigenvalue weighted by Gasteiger charge is 2.07. The first-order chi connectivity index (χ1) is 7.24. The third-order valence-corrected chi connectivity index (χ3v) is 2.38. The minimum atomic E-state index is 0.185. The van der Waals surface area contributed by atoms with Gasteiger partial charge in [0, 0.05) is 17.3 Å². The third kappa shape index (κ3) is 1.56. The predicted octanol–water partition coefficient (Wildman–Crippen LogP) is 2.68. The number of phenols is 2. The molecule has 0 amide bonds. The Kier molecular flexibility index (Phi) is 2.37. The largest absolute Gasteiger partial charge is 0.507 e. The fourth-order valence-corrected chi connectivity index (χ4v) is 1.66. The van der Waals surface area contributed by atoms with E-state index in [4.69, 9.17) is 0 Å². The average molecular weight is 203 g/mol. The number of fused-ring (bicyclic) bond motifs is 1. The first-order valence-corrected chi connectivity index (χ1v) is 4.91. The van der Waals surface area contributed by atoms with Crippen molar-refractivity contribution in [1.29, 1.82) is 0 Å². The van der Waals surface area contributed by atoms with E-state index in [0.717, 1.165) is 6.54 Å². The topological polar surface area (TPSA) is 52.5 Å². The van der Waals surface area contributed by atoms with Crippen LogP contribution in [0.15, 0.2) is 30.3 Å². The van der Waals surface area contributed by atoms with E-state index in [1.165, 1.54) is 0 Å². The summed E-state index contributed by atoms with van der Waals surface area (Å²) in [7, 11) is 0. The van der Waals surface area contributed by atoms with E-state index in [2.05, 4.69) is 5.32 Å².